The molecular weight excluding hydrogens is 324 g/mol. The number of aliphatic hydroxyl groups excluding tert-OH is 3. The third kappa shape index (κ3) is 10.4. The Morgan fingerprint density at radius 2 is 1.28 bits per heavy atom. The van der Waals surface area contributed by atoms with Gasteiger partial charge in [-0.05, 0) is 56.9 Å². The second-order valence-corrected chi connectivity index (χ2v) is 6.44. The van der Waals surface area contributed by atoms with E-state index in [1.807, 2.05) is 18.2 Å². The summed E-state index contributed by atoms with van der Waals surface area (Å²) in [7, 11) is 0. The molecule has 3 atom stereocenters. The van der Waals surface area contributed by atoms with Crippen molar-refractivity contribution in [3.63, 3.8) is 0 Å². The van der Waals surface area contributed by atoms with Gasteiger partial charge in [0.2, 0.25) is 0 Å². The molecule has 0 aliphatic carbocycles. The van der Waals surface area contributed by atoms with Crippen molar-refractivity contribution in [1.29, 1.82) is 0 Å². The smallest absolute Gasteiger partial charge is 0.119 e. The van der Waals surface area contributed by atoms with Crippen molar-refractivity contribution in [1.82, 2.24) is 0 Å². The number of benzene rings is 1. The highest BCUT2D eigenvalue weighted by Gasteiger charge is 2.08. The van der Waals surface area contributed by atoms with E-state index in [1.54, 1.807) is 20.8 Å². The number of hydrogen-bond acceptors (Lipinski definition) is 6. The monoisotopic (exact) mass is 356 g/mol. The summed E-state index contributed by atoms with van der Waals surface area (Å²) in [6, 6.07) is 5.83. The van der Waals surface area contributed by atoms with Gasteiger partial charge in [0.05, 0.1) is 44.7 Å². The molecule has 0 bridgehead atoms. The first-order valence-corrected chi connectivity index (χ1v) is 8.82. The highest BCUT2D eigenvalue weighted by atomic mass is 16.5. The van der Waals surface area contributed by atoms with Crippen molar-refractivity contribution in [3.8, 4) is 5.75 Å². The van der Waals surface area contributed by atoms with Gasteiger partial charge < -0.3 is 29.5 Å². The van der Waals surface area contributed by atoms with E-state index in [0.29, 0.717) is 38.6 Å². The Hall–Kier alpha value is -1.18. The van der Waals surface area contributed by atoms with Crippen LogP contribution in [0.3, 0.4) is 0 Å². The summed E-state index contributed by atoms with van der Waals surface area (Å²) in [4.78, 5) is 0. The summed E-state index contributed by atoms with van der Waals surface area (Å²) in [6.07, 6.45) is -0.0375. The fourth-order valence-corrected chi connectivity index (χ4v) is 2.26. The molecule has 0 radical (unpaired) electrons. The molecule has 0 fully saturated rings. The summed E-state index contributed by atoms with van der Waals surface area (Å²) in [5, 5.41) is 27.8. The number of hydrogen-bond donors (Lipinski definition) is 3. The molecule has 6 nitrogen and oxygen atoms in total. The molecule has 0 heterocycles. The second-order valence-electron chi connectivity index (χ2n) is 6.44. The molecule has 0 saturated carbocycles. The van der Waals surface area contributed by atoms with Gasteiger partial charge in [0, 0.05) is 0 Å². The Kier molecular flexibility index (Phi) is 10.7. The van der Waals surface area contributed by atoms with Gasteiger partial charge in [-0.3, -0.25) is 0 Å². The van der Waals surface area contributed by atoms with Gasteiger partial charge in [0.15, 0.2) is 0 Å². The predicted molar refractivity (Wildman–Crippen MR) is 96.0 cm³/mol. The lowest BCUT2D eigenvalue weighted by Crippen LogP contribution is -2.15. The van der Waals surface area contributed by atoms with Gasteiger partial charge in [-0.25, -0.2) is 0 Å². The molecule has 1 aromatic rings. The van der Waals surface area contributed by atoms with Crippen molar-refractivity contribution >= 4 is 0 Å². The van der Waals surface area contributed by atoms with Crippen molar-refractivity contribution in [2.75, 3.05) is 33.0 Å². The molecule has 1 rings (SSSR count). The molecule has 0 amide bonds. The Bertz CT molecular complexity index is 473. The maximum absolute atomic E-state index is 9.35. The molecule has 0 spiro atoms. The fourth-order valence-electron chi connectivity index (χ4n) is 2.26. The maximum Gasteiger partial charge on any atom is 0.119 e. The first kappa shape index (κ1) is 21.9. The Labute approximate surface area is 150 Å². The molecule has 144 valence electrons. The van der Waals surface area contributed by atoms with Crippen LogP contribution in [0.25, 0.3) is 0 Å². The topological polar surface area (TPSA) is 88.4 Å². The van der Waals surface area contributed by atoms with Crippen LogP contribution in [0.15, 0.2) is 18.2 Å². The predicted octanol–water partition coefficient (Wildman–Crippen LogP) is 1.33. The molecule has 6 heteroatoms. The maximum atomic E-state index is 9.35. The van der Waals surface area contributed by atoms with Crippen LogP contribution in [0.1, 0.15) is 31.9 Å². The molecule has 3 unspecified atom stereocenters. The Balaban J connectivity index is 2.64. The van der Waals surface area contributed by atoms with Crippen LogP contribution in [0.2, 0.25) is 0 Å². The van der Waals surface area contributed by atoms with E-state index in [2.05, 4.69) is 0 Å². The lowest BCUT2D eigenvalue weighted by atomic mass is 10.0. The SMILES string of the molecule is CC(O)COCCc1ccc(OCC(C)O)cc1CCOCC(C)O. The van der Waals surface area contributed by atoms with E-state index in [-0.39, 0.29) is 6.61 Å². The molecular formula is C19H32O6. The fraction of sp³-hybridized carbons (Fsp3) is 0.684. The third-order valence-electron chi connectivity index (χ3n) is 3.42. The highest BCUT2D eigenvalue weighted by Crippen LogP contribution is 2.20. The van der Waals surface area contributed by atoms with Gasteiger partial charge >= 0.3 is 0 Å². The largest absolute Gasteiger partial charge is 0.491 e. The van der Waals surface area contributed by atoms with Crippen LogP contribution < -0.4 is 4.74 Å². The zero-order valence-electron chi connectivity index (χ0n) is 15.5. The van der Waals surface area contributed by atoms with E-state index in [4.69, 9.17) is 14.2 Å². The van der Waals surface area contributed by atoms with Crippen molar-refractivity contribution in [2.24, 2.45) is 0 Å². The molecule has 1 aromatic carbocycles. The summed E-state index contributed by atoms with van der Waals surface area (Å²) >= 11 is 0. The van der Waals surface area contributed by atoms with Crippen molar-refractivity contribution < 1.29 is 29.5 Å². The minimum atomic E-state index is -0.522. The highest BCUT2D eigenvalue weighted by molar-refractivity contribution is 5.36. The van der Waals surface area contributed by atoms with Gasteiger partial charge in [-0.1, -0.05) is 6.07 Å². The van der Waals surface area contributed by atoms with Gasteiger partial charge in [-0.15, -0.1) is 0 Å². The number of rotatable bonds is 13. The third-order valence-corrected chi connectivity index (χ3v) is 3.42. The van der Waals surface area contributed by atoms with Gasteiger partial charge in [0.25, 0.3) is 0 Å². The van der Waals surface area contributed by atoms with Gasteiger partial charge in [-0.2, -0.15) is 0 Å². The van der Waals surface area contributed by atoms with Crippen molar-refractivity contribution in [3.05, 3.63) is 29.3 Å². The van der Waals surface area contributed by atoms with Crippen LogP contribution >= 0.6 is 0 Å². The summed E-state index contributed by atoms with van der Waals surface area (Å²) in [6.45, 7) is 6.97. The molecule has 0 saturated heterocycles. The molecule has 0 aliphatic heterocycles. The van der Waals surface area contributed by atoms with Crippen molar-refractivity contribution in [2.45, 2.75) is 51.9 Å². The Morgan fingerprint density at radius 3 is 1.80 bits per heavy atom. The van der Waals surface area contributed by atoms with Gasteiger partial charge in [0.1, 0.15) is 12.4 Å². The van der Waals surface area contributed by atoms with E-state index in [1.165, 1.54) is 0 Å². The lowest BCUT2D eigenvalue weighted by molar-refractivity contribution is 0.0462. The van der Waals surface area contributed by atoms with Crippen LogP contribution in [-0.2, 0) is 22.3 Å². The first-order chi connectivity index (χ1) is 11.9. The number of ether oxygens (including phenoxy) is 3. The first-order valence-electron chi connectivity index (χ1n) is 8.82. The second kappa shape index (κ2) is 12.2. The molecule has 25 heavy (non-hydrogen) atoms. The molecule has 0 aliphatic rings. The zero-order valence-corrected chi connectivity index (χ0v) is 15.5. The minimum Gasteiger partial charge on any atom is -0.491 e. The van der Waals surface area contributed by atoms with E-state index in [0.717, 1.165) is 17.5 Å². The Morgan fingerprint density at radius 1 is 0.760 bits per heavy atom. The number of aliphatic hydroxyl groups is 3. The summed E-state index contributed by atoms with van der Waals surface area (Å²) in [5.74, 6) is 0.708. The zero-order chi connectivity index (χ0) is 18.7. The van der Waals surface area contributed by atoms with E-state index in [9.17, 15) is 15.3 Å². The van der Waals surface area contributed by atoms with Crippen LogP contribution in [-0.4, -0.2) is 66.7 Å². The quantitative estimate of drug-likeness (QED) is 0.462. The molecule has 0 aromatic heterocycles. The lowest BCUT2D eigenvalue weighted by Gasteiger charge is -2.15. The summed E-state index contributed by atoms with van der Waals surface area (Å²) < 4.78 is 16.5. The average Bonchev–Trinajstić information content (AvgIpc) is 2.54. The normalized spacial score (nSPS) is 15.0. The van der Waals surface area contributed by atoms with Crippen LogP contribution in [0.4, 0.5) is 0 Å². The van der Waals surface area contributed by atoms with Crippen LogP contribution in [0.5, 0.6) is 5.75 Å². The molecule has 3 N–H and O–H groups in total. The van der Waals surface area contributed by atoms with E-state index >= 15 is 0 Å². The average molecular weight is 356 g/mol. The minimum absolute atomic E-state index is 0.245. The van der Waals surface area contributed by atoms with Crippen LogP contribution in [0, 0.1) is 0 Å². The van der Waals surface area contributed by atoms with E-state index < -0.39 is 18.3 Å². The summed E-state index contributed by atoms with van der Waals surface area (Å²) in [5.41, 5.74) is 2.23. The standard InChI is InChI=1S/C19H32O6/c1-14(20)11-23-8-6-17-4-5-19(25-13-16(3)22)10-18(17)7-9-24-12-15(2)21/h4-5,10,14-16,20-22H,6-9,11-13H2,1-3H3.